The Morgan fingerprint density at radius 2 is 0.789 bits per heavy atom. The van der Waals surface area contributed by atoms with Crippen LogP contribution in [0.3, 0.4) is 0 Å². The number of fused-ring (bicyclic) bond motifs is 5. The van der Waals surface area contributed by atoms with Gasteiger partial charge in [0.05, 0.1) is 22.4 Å². The lowest BCUT2D eigenvalue weighted by Gasteiger charge is -2.33. The molecule has 268 valence electrons. The topological polar surface area (TPSA) is 17.4 Å². The number of rotatable bonds is 6. The monoisotopic (exact) mass is 728 g/mol. The van der Waals surface area contributed by atoms with Crippen LogP contribution >= 0.6 is 0 Å². The molecule has 10 aromatic rings. The number of anilines is 3. The Morgan fingerprint density at radius 3 is 1.54 bits per heavy atom. The summed E-state index contributed by atoms with van der Waals surface area (Å²) in [4.78, 5) is 2.31. The molecule has 0 saturated carbocycles. The Bertz CT molecular complexity index is 3110. The van der Waals surface area contributed by atoms with E-state index in [-0.39, 0.29) is 0 Å². The minimum Gasteiger partial charge on any atom is -0.453 e. The maximum absolute atomic E-state index is 6.65. The zero-order valence-electron chi connectivity index (χ0n) is 31.1. The average Bonchev–Trinajstić information content (AvgIpc) is 3.62. The molecule has 0 saturated heterocycles. The number of hydrogen-bond donors (Lipinski definition) is 0. The average molecular weight is 729 g/mol. The number of para-hydroxylation sites is 3. The molecule has 0 bridgehead atoms. The van der Waals surface area contributed by atoms with Crippen LogP contribution in [0.5, 0.6) is 11.5 Å². The van der Waals surface area contributed by atoms with E-state index in [0.29, 0.717) is 0 Å². The zero-order valence-corrected chi connectivity index (χ0v) is 31.1. The van der Waals surface area contributed by atoms with Gasteiger partial charge in [-0.25, -0.2) is 0 Å². The van der Waals surface area contributed by atoms with Crippen LogP contribution in [0.1, 0.15) is 0 Å². The smallest absolute Gasteiger partial charge is 0.152 e. The fourth-order valence-electron chi connectivity index (χ4n) is 8.43. The van der Waals surface area contributed by atoms with E-state index in [1.54, 1.807) is 0 Å². The first-order valence-electron chi connectivity index (χ1n) is 19.4. The Hall–Kier alpha value is -7.62. The van der Waals surface area contributed by atoms with Crippen molar-refractivity contribution in [2.24, 2.45) is 0 Å². The molecule has 0 N–H and O–H groups in total. The summed E-state index contributed by atoms with van der Waals surface area (Å²) >= 11 is 0. The zero-order chi connectivity index (χ0) is 37.7. The van der Waals surface area contributed by atoms with Gasteiger partial charge in [0.25, 0.3) is 0 Å². The van der Waals surface area contributed by atoms with E-state index in [2.05, 4.69) is 216 Å². The van der Waals surface area contributed by atoms with Crippen molar-refractivity contribution in [2.45, 2.75) is 0 Å². The van der Waals surface area contributed by atoms with E-state index in [4.69, 9.17) is 4.74 Å². The Labute approximate surface area is 331 Å². The van der Waals surface area contributed by atoms with Crippen molar-refractivity contribution in [3.05, 3.63) is 218 Å². The summed E-state index contributed by atoms with van der Waals surface area (Å²) in [5, 5.41) is 2.48. The van der Waals surface area contributed by atoms with E-state index in [9.17, 15) is 0 Å². The van der Waals surface area contributed by atoms with Gasteiger partial charge in [0.15, 0.2) is 11.5 Å². The Balaban J connectivity index is 0.987. The van der Waals surface area contributed by atoms with Gasteiger partial charge in [-0.15, -0.1) is 0 Å². The lowest BCUT2D eigenvalue weighted by Crippen LogP contribution is -2.15. The second-order valence-corrected chi connectivity index (χ2v) is 14.6. The summed E-state index contributed by atoms with van der Waals surface area (Å²) in [6.07, 6.45) is 0. The van der Waals surface area contributed by atoms with Crippen LogP contribution in [0.4, 0.5) is 17.1 Å². The lowest BCUT2D eigenvalue weighted by molar-refractivity contribution is 0.477. The molecule has 0 aliphatic carbocycles. The molecule has 1 aliphatic rings. The number of aromatic nitrogens is 1. The van der Waals surface area contributed by atoms with Gasteiger partial charge in [0.1, 0.15) is 0 Å². The largest absolute Gasteiger partial charge is 0.453 e. The SMILES string of the molecule is c1ccc(-c2cccc(N3c4ccccc4Oc4cc(-c5cccc(-c6ccc7c8ccccc8n(-c8cccc(-c9ccccc9)c8)c7c6)c5)ccc43)c2)cc1. The van der Waals surface area contributed by atoms with E-state index < -0.39 is 0 Å². The number of nitrogens with zero attached hydrogens (tertiary/aromatic N) is 2. The third-order valence-electron chi connectivity index (χ3n) is 11.2. The predicted molar refractivity (Wildman–Crippen MR) is 237 cm³/mol. The van der Waals surface area contributed by atoms with Gasteiger partial charge in [0.2, 0.25) is 0 Å². The first-order chi connectivity index (χ1) is 28.2. The molecule has 1 aliphatic heterocycles. The van der Waals surface area contributed by atoms with Gasteiger partial charge in [-0.05, 0) is 111 Å². The van der Waals surface area contributed by atoms with Crippen LogP contribution in [-0.2, 0) is 0 Å². The van der Waals surface area contributed by atoms with Crippen molar-refractivity contribution in [1.82, 2.24) is 4.57 Å². The molecule has 3 heteroatoms. The predicted octanol–water partition coefficient (Wildman–Crippen LogP) is 15.0. The summed E-state index contributed by atoms with van der Waals surface area (Å²) in [7, 11) is 0. The van der Waals surface area contributed by atoms with Crippen molar-refractivity contribution in [1.29, 1.82) is 0 Å². The Kier molecular flexibility index (Phi) is 7.82. The van der Waals surface area contributed by atoms with Gasteiger partial charge in [-0.3, -0.25) is 0 Å². The van der Waals surface area contributed by atoms with Crippen LogP contribution in [0.25, 0.3) is 72.0 Å². The maximum Gasteiger partial charge on any atom is 0.152 e. The lowest BCUT2D eigenvalue weighted by atomic mass is 9.97. The highest BCUT2D eigenvalue weighted by Crippen LogP contribution is 2.51. The molecule has 1 aromatic heterocycles. The van der Waals surface area contributed by atoms with Gasteiger partial charge in [0, 0.05) is 22.1 Å². The van der Waals surface area contributed by atoms with Gasteiger partial charge >= 0.3 is 0 Å². The molecule has 0 atom stereocenters. The third kappa shape index (κ3) is 5.76. The fourth-order valence-corrected chi connectivity index (χ4v) is 8.43. The number of benzene rings is 9. The van der Waals surface area contributed by atoms with E-state index >= 15 is 0 Å². The van der Waals surface area contributed by atoms with Crippen LogP contribution in [0.2, 0.25) is 0 Å². The van der Waals surface area contributed by atoms with Crippen LogP contribution in [0.15, 0.2) is 218 Å². The Morgan fingerprint density at radius 1 is 0.281 bits per heavy atom. The summed E-state index contributed by atoms with van der Waals surface area (Å²) in [6, 6.07) is 78.0. The van der Waals surface area contributed by atoms with Crippen molar-refractivity contribution in [3.8, 4) is 61.7 Å². The summed E-state index contributed by atoms with van der Waals surface area (Å²) in [6.45, 7) is 0. The molecular formula is C54H36N2O. The molecule has 0 amide bonds. The minimum atomic E-state index is 0.824. The summed E-state index contributed by atoms with van der Waals surface area (Å²) in [5.41, 5.74) is 16.0. The first-order valence-corrected chi connectivity index (χ1v) is 19.4. The first kappa shape index (κ1) is 32.8. The quantitative estimate of drug-likeness (QED) is 0.170. The minimum absolute atomic E-state index is 0.824. The van der Waals surface area contributed by atoms with E-state index in [1.165, 1.54) is 49.6 Å². The molecule has 11 rings (SSSR count). The van der Waals surface area contributed by atoms with Crippen LogP contribution in [-0.4, -0.2) is 4.57 Å². The van der Waals surface area contributed by atoms with Crippen LogP contribution in [0, 0.1) is 0 Å². The molecule has 0 radical (unpaired) electrons. The number of ether oxygens (including phenoxy) is 1. The molecule has 0 fully saturated rings. The van der Waals surface area contributed by atoms with E-state index in [1.807, 2.05) is 12.1 Å². The van der Waals surface area contributed by atoms with Gasteiger partial charge in [-0.2, -0.15) is 0 Å². The van der Waals surface area contributed by atoms with Crippen LogP contribution < -0.4 is 9.64 Å². The molecule has 9 aromatic carbocycles. The normalized spacial score (nSPS) is 12.0. The molecule has 2 heterocycles. The standard InChI is InChI=1S/C54H36N2O/c1-3-14-37(15-4-1)41-20-12-22-45(33-41)55-49-25-8-7-24-47(49)48-30-28-43(35-52(48)55)39-18-11-19-40(32-39)44-29-31-51-54(36-44)57-53-27-10-9-26-50(53)56(51)46-23-13-21-42(34-46)38-16-5-2-6-17-38/h1-36H. The highest BCUT2D eigenvalue weighted by molar-refractivity contribution is 6.10. The highest BCUT2D eigenvalue weighted by Gasteiger charge is 2.26. The summed E-state index contributed by atoms with van der Waals surface area (Å²) in [5.74, 6) is 1.66. The molecule has 0 unspecified atom stereocenters. The number of hydrogen-bond acceptors (Lipinski definition) is 2. The van der Waals surface area contributed by atoms with E-state index in [0.717, 1.165) is 50.9 Å². The van der Waals surface area contributed by atoms with Crippen molar-refractivity contribution in [3.63, 3.8) is 0 Å². The molecule has 57 heavy (non-hydrogen) atoms. The van der Waals surface area contributed by atoms with Crippen molar-refractivity contribution < 1.29 is 4.74 Å². The maximum atomic E-state index is 6.65. The molecular weight excluding hydrogens is 693 g/mol. The van der Waals surface area contributed by atoms with Crippen molar-refractivity contribution in [2.75, 3.05) is 4.90 Å². The van der Waals surface area contributed by atoms with Crippen molar-refractivity contribution >= 4 is 38.9 Å². The highest BCUT2D eigenvalue weighted by atomic mass is 16.5. The second-order valence-electron chi connectivity index (χ2n) is 14.6. The third-order valence-corrected chi connectivity index (χ3v) is 11.2. The second kappa shape index (κ2) is 13.6. The summed E-state index contributed by atoms with van der Waals surface area (Å²) < 4.78 is 9.05. The van der Waals surface area contributed by atoms with Gasteiger partial charge in [-0.1, -0.05) is 152 Å². The molecule has 3 nitrogen and oxygen atoms in total. The fraction of sp³-hybridized carbons (Fsp3) is 0. The van der Waals surface area contributed by atoms with Gasteiger partial charge < -0.3 is 14.2 Å². The molecule has 0 spiro atoms.